The minimum absolute atomic E-state index is 0.211. The van der Waals surface area contributed by atoms with Gasteiger partial charge in [-0.15, -0.1) is 0 Å². The van der Waals surface area contributed by atoms with E-state index in [-0.39, 0.29) is 6.54 Å². The number of amides is 4. The smallest absolute Gasteiger partial charge is 0.335 e. The molecule has 1 fully saturated rings. The van der Waals surface area contributed by atoms with Crippen molar-refractivity contribution in [3.8, 4) is 11.5 Å². The molecule has 2 aromatic carbocycles. The van der Waals surface area contributed by atoms with Gasteiger partial charge in [0.1, 0.15) is 11.5 Å². The number of barbiturate groups is 1. The first-order valence-electron chi connectivity index (χ1n) is 9.32. The van der Waals surface area contributed by atoms with Gasteiger partial charge in [0, 0.05) is 12.3 Å². The molecule has 156 valence electrons. The maximum absolute atomic E-state index is 12.9. The maximum Gasteiger partial charge on any atom is 0.335 e. The summed E-state index contributed by atoms with van der Waals surface area (Å²) in [5.41, 5.74) is 3.16. The number of nitrogens with zero attached hydrogens (tertiary/aromatic N) is 2. The first-order chi connectivity index (χ1) is 14.3. The van der Waals surface area contributed by atoms with E-state index in [4.69, 9.17) is 9.47 Å². The van der Waals surface area contributed by atoms with Gasteiger partial charge >= 0.3 is 6.03 Å². The van der Waals surface area contributed by atoms with Gasteiger partial charge in [0.15, 0.2) is 5.92 Å². The number of anilines is 1. The minimum atomic E-state index is -1.20. The second-order valence-electron chi connectivity index (χ2n) is 6.92. The van der Waals surface area contributed by atoms with Crippen molar-refractivity contribution in [1.29, 1.82) is 0 Å². The third-order valence-corrected chi connectivity index (χ3v) is 4.89. The molecule has 3 rings (SSSR count). The Morgan fingerprint density at radius 2 is 1.67 bits per heavy atom. The zero-order chi connectivity index (χ0) is 21.8. The average molecular weight is 409 g/mol. The van der Waals surface area contributed by atoms with Gasteiger partial charge < -0.3 is 9.47 Å². The number of methoxy groups -OCH3 is 2. The van der Waals surface area contributed by atoms with Crippen molar-refractivity contribution in [3.63, 3.8) is 0 Å². The van der Waals surface area contributed by atoms with Gasteiger partial charge in [-0.05, 0) is 54.8 Å². The lowest BCUT2D eigenvalue weighted by Crippen LogP contribution is -2.58. The predicted octanol–water partition coefficient (Wildman–Crippen LogP) is 2.79. The lowest BCUT2D eigenvalue weighted by molar-refractivity contribution is -0.131. The number of imide groups is 2. The average Bonchev–Trinajstić information content (AvgIpc) is 2.72. The summed E-state index contributed by atoms with van der Waals surface area (Å²) in [6.45, 7) is 4.03. The van der Waals surface area contributed by atoms with Gasteiger partial charge in [-0.3, -0.25) is 19.9 Å². The van der Waals surface area contributed by atoms with E-state index < -0.39 is 23.8 Å². The Hall–Kier alpha value is -3.68. The third kappa shape index (κ3) is 4.32. The topological polar surface area (TPSA) is 97.3 Å². The summed E-state index contributed by atoms with van der Waals surface area (Å²) >= 11 is 0. The van der Waals surface area contributed by atoms with E-state index in [9.17, 15) is 14.4 Å². The molecule has 2 aromatic rings. The van der Waals surface area contributed by atoms with Gasteiger partial charge in [0.05, 0.1) is 26.5 Å². The van der Waals surface area contributed by atoms with E-state index in [0.717, 1.165) is 21.6 Å². The van der Waals surface area contributed by atoms with Crippen molar-refractivity contribution < 1.29 is 23.9 Å². The Morgan fingerprint density at radius 1 is 1.00 bits per heavy atom. The predicted molar refractivity (Wildman–Crippen MR) is 112 cm³/mol. The molecule has 1 aliphatic heterocycles. The third-order valence-electron chi connectivity index (χ3n) is 4.89. The van der Waals surface area contributed by atoms with Crippen LogP contribution in [-0.2, 0) is 16.1 Å². The quantitative estimate of drug-likeness (QED) is 0.584. The van der Waals surface area contributed by atoms with Crippen LogP contribution in [0.2, 0.25) is 0 Å². The van der Waals surface area contributed by atoms with Crippen molar-refractivity contribution in [2.45, 2.75) is 20.4 Å². The monoisotopic (exact) mass is 409 g/mol. The number of rotatable bonds is 6. The van der Waals surface area contributed by atoms with Crippen LogP contribution in [-0.4, -0.2) is 38.3 Å². The van der Waals surface area contributed by atoms with E-state index in [1.807, 2.05) is 19.9 Å². The molecule has 4 amide bonds. The molecule has 0 spiro atoms. The fourth-order valence-electron chi connectivity index (χ4n) is 3.05. The van der Waals surface area contributed by atoms with Crippen molar-refractivity contribution in [1.82, 2.24) is 5.32 Å². The molecule has 30 heavy (non-hydrogen) atoms. The molecular weight excluding hydrogens is 386 g/mol. The Labute approximate surface area is 174 Å². The molecule has 0 radical (unpaired) electrons. The SMILES string of the molecule is COc1cc(CN=C[C@@H]2C(=O)NC(=O)N(c3ccc(C)c(C)c3)C2=O)cc(OC)c1. The number of carbonyl (C=O) groups excluding carboxylic acids is 3. The highest BCUT2D eigenvalue weighted by Gasteiger charge is 2.40. The number of carbonyl (C=O) groups is 3. The van der Waals surface area contributed by atoms with Crippen LogP contribution >= 0.6 is 0 Å². The zero-order valence-electron chi connectivity index (χ0n) is 17.3. The summed E-state index contributed by atoms with van der Waals surface area (Å²) in [6.07, 6.45) is 1.27. The number of aliphatic imine (C=N–C) groups is 1. The Balaban J connectivity index is 1.81. The summed E-state index contributed by atoms with van der Waals surface area (Å²) < 4.78 is 10.5. The van der Waals surface area contributed by atoms with Crippen LogP contribution in [0.3, 0.4) is 0 Å². The molecule has 8 nitrogen and oxygen atoms in total. The van der Waals surface area contributed by atoms with Crippen molar-refractivity contribution >= 4 is 29.7 Å². The van der Waals surface area contributed by atoms with Crippen LogP contribution in [0.1, 0.15) is 16.7 Å². The van der Waals surface area contributed by atoms with E-state index in [1.165, 1.54) is 6.21 Å². The Bertz CT molecular complexity index is 1010. The van der Waals surface area contributed by atoms with Gasteiger partial charge in [0.2, 0.25) is 5.91 Å². The largest absolute Gasteiger partial charge is 0.497 e. The summed E-state index contributed by atoms with van der Waals surface area (Å²) in [4.78, 5) is 42.7. The van der Waals surface area contributed by atoms with Crippen LogP contribution in [0.5, 0.6) is 11.5 Å². The summed E-state index contributed by atoms with van der Waals surface area (Å²) in [6, 6.07) is 9.77. The molecule has 0 aromatic heterocycles. The molecule has 0 saturated carbocycles. The molecule has 1 atom stereocenters. The number of aryl methyl sites for hydroxylation is 2. The lowest BCUT2D eigenvalue weighted by atomic mass is 10.0. The lowest BCUT2D eigenvalue weighted by Gasteiger charge is -2.28. The fourth-order valence-corrected chi connectivity index (χ4v) is 3.05. The van der Waals surface area contributed by atoms with Crippen LogP contribution in [0.25, 0.3) is 0 Å². The molecular formula is C22H23N3O5. The first kappa shape index (κ1) is 21.0. The van der Waals surface area contributed by atoms with Crippen molar-refractivity contribution in [2.75, 3.05) is 19.1 Å². The molecule has 0 unspecified atom stereocenters. The summed E-state index contributed by atoms with van der Waals surface area (Å²) in [5.74, 6) is -1.32. The first-order valence-corrected chi connectivity index (χ1v) is 9.32. The fraction of sp³-hybridized carbons (Fsp3) is 0.273. The van der Waals surface area contributed by atoms with Crippen LogP contribution in [0.15, 0.2) is 41.4 Å². The molecule has 1 aliphatic rings. The standard InChI is InChI=1S/C22H23N3O5/c1-13-5-6-16(7-14(13)2)25-21(27)19(20(26)24-22(25)28)12-23-11-15-8-17(29-3)10-18(9-15)30-4/h5-10,12,19H,11H2,1-4H3,(H,24,26,28)/t19-/m1/s1. The van der Waals surface area contributed by atoms with Gasteiger partial charge in [-0.2, -0.15) is 0 Å². The van der Waals surface area contributed by atoms with Gasteiger partial charge in [-0.25, -0.2) is 9.69 Å². The second-order valence-corrected chi connectivity index (χ2v) is 6.92. The van der Waals surface area contributed by atoms with Gasteiger partial charge in [-0.1, -0.05) is 6.07 Å². The molecule has 0 aliphatic carbocycles. The van der Waals surface area contributed by atoms with E-state index >= 15 is 0 Å². The van der Waals surface area contributed by atoms with Crippen LogP contribution in [0.4, 0.5) is 10.5 Å². The molecule has 1 N–H and O–H groups in total. The van der Waals surface area contributed by atoms with E-state index in [2.05, 4.69) is 10.3 Å². The molecule has 8 heteroatoms. The highest BCUT2D eigenvalue weighted by atomic mass is 16.5. The molecule has 0 bridgehead atoms. The second kappa shape index (κ2) is 8.77. The van der Waals surface area contributed by atoms with Crippen LogP contribution in [0, 0.1) is 19.8 Å². The highest BCUT2D eigenvalue weighted by Crippen LogP contribution is 2.24. The summed E-state index contributed by atoms with van der Waals surface area (Å²) in [7, 11) is 3.09. The van der Waals surface area contributed by atoms with Crippen LogP contribution < -0.4 is 19.7 Å². The maximum atomic E-state index is 12.9. The number of benzene rings is 2. The molecule has 1 saturated heterocycles. The number of ether oxygens (including phenoxy) is 2. The highest BCUT2D eigenvalue weighted by molar-refractivity contribution is 6.32. The van der Waals surface area contributed by atoms with E-state index in [0.29, 0.717) is 17.2 Å². The Morgan fingerprint density at radius 3 is 2.27 bits per heavy atom. The summed E-state index contributed by atoms with van der Waals surface area (Å²) in [5, 5.41) is 2.22. The molecule has 1 heterocycles. The number of urea groups is 1. The minimum Gasteiger partial charge on any atom is -0.497 e. The number of nitrogens with one attached hydrogen (secondary N) is 1. The van der Waals surface area contributed by atoms with E-state index in [1.54, 1.807) is 44.6 Å². The zero-order valence-corrected chi connectivity index (χ0v) is 17.3. The normalized spacial score (nSPS) is 16.7. The number of hydrogen-bond acceptors (Lipinski definition) is 6. The van der Waals surface area contributed by atoms with Gasteiger partial charge in [0.25, 0.3) is 5.91 Å². The Kier molecular flexibility index (Phi) is 6.15. The van der Waals surface area contributed by atoms with Crippen molar-refractivity contribution in [2.24, 2.45) is 10.9 Å². The van der Waals surface area contributed by atoms with Crippen molar-refractivity contribution in [3.05, 3.63) is 53.1 Å². The number of hydrogen-bond donors (Lipinski definition) is 1.